The number of aryl methyl sites for hydroxylation is 1. The van der Waals surface area contributed by atoms with Crippen molar-refractivity contribution in [1.29, 1.82) is 0 Å². The number of carbonyl (C=O) groups is 2. The number of hydrogen-bond donors (Lipinski definition) is 1. The van der Waals surface area contributed by atoms with Gasteiger partial charge >= 0.3 is 0 Å². The van der Waals surface area contributed by atoms with E-state index in [0.717, 1.165) is 69.0 Å². The first-order chi connectivity index (χ1) is 17.5. The number of likely N-dealkylation sites (tertiary alicyclic amines) is 1. The van der Waals surface area contributed by atoms with Crippen LogP contribution in [0.15, 0.2) is 54.1 Å². The Morgan fingerprint density at radius 1 is 1.11 bits per heavy atom. The summed E-state index contributed by atoms with van der Waals surface area (Å²) in [4.78, 5) is 29.4. The van der Waals surface area contributed by atoms with Gasteiger partial charge in [0.15, 0.2) is 0 Å². The lowest BCUT2D eigenvalue weighted by Gasteiger charge is -2.29. The molecule has 2 aliphatic heterocycles. The molecule has 0 saturated carbocycles. The summed E-state index contributed by atoms with van der Waals surface area (Å²) in [5.41, 5.74) is 2.03. The highest BCUT2D eigenvalue weighted by Gasteiger charge is 2.44. The molecule has 1 amide bonds. The van der Waals surface area contributed by atoms with Gasteiger partial charge in [-0.05, 0) is 42.2 Å². The average molecular weight is 493 g/mol. The summed E-state index contributed by atoms with van der Waals surface area (Å²) in [6, 6.07) is 13.9. The SMILES string of the molecule is CCCCOc1ccc(C([O-])=C2C(=O)C(=O)N(CCC[NH+]3CCOCC3)C2c2ccccc2)cc1C. The maximum Gasteiger partial charge on any atom is 0.295 e. The molecule has 2 aromatic rings. The van der Waals surface area contributed by atoms with Gasteiger partial charge in [-0.2, -0.15) is 0 Å². The van der Waals surface area contributed by atoms with Gasteiger partial charge < -0.3 is 24.4 Å². The second-order valence-corrected chi connectivity index (χ2v) is 9.53. The summed E-state index contributed by atoms with van der Waals surface area (Å²) in [6.45, 7) is 9.32. The minimum absolute atomic E-state index is 0.0315. The van der Waals surface area contributed by atoms with Crippen LogP contribution in [0.3, 0.4) is 0 Å². The monoisotopic (exact) mass is 492 g/mol. The first-order valence-electron chi connectivity index (χ1n) is 13.0. The van der Waals surface area contributed by atoms with Gasteiger partial charge in [0.1, 0.15) is 18.8 Å². The number of amides is 1. The number of quaternary nitrogens is 1. The number of rotatable bonds is 10. The number of benzene rings is 2. The van der Waals surface area contributed by atoms with E-state index in [-0.39, 0.29) is 5.57 Å². The zero-order valence-electron chi connectivity index (χ0n) is 21.3. The third-order valence-electron chi connectivity index (χ3n) is 6.97. The molecule has 2 aromatic carbocycles. The molecular weight excluding hydrogens is 456 g/mol. The smallest absolute Gasteiger partial charge is 0.295 e. The molecule has 0 aliphatic carbocycles. The second-order valence-electron chi connectivity index (χ2n) is 9.53. The topological polar surface area (TPSA) is 83.3 Å². The number of nitrogens with one attached hydrogen (secondary N) is 1. The highest BCUT2D eigenvalue weighted by atomic mass is 16.5. The number of nitrogens with zero attached hydrogens (tertiary/aromatic N) is 1. The van der Waals surface area contributed by atoms with Crippen LogP contribution in [0.25, 0.3) is 5.76 Å². The lowest BCUT2D eigenvalue weighted by Crippen LogP contribution is -3.14. The van der Waals surface area contributed by atoms with E-state index >= 15 is 0 Å². The van der Waals surface area contributed by atoms with Gasteiger partial charge in [0.2, 0.25) is 5.78 Å². The van der Waals surface area contributed by atoms with Crippen molar-refractivity contribution < 1.29 is 29.1 Å². The molecule has 2 saturated heterocycles. The maximum absolute atomic E-state index is 13.7. The predicted molar refractivity (Wildman–Crippen MR) is 135 cm³/mol. The number of Topliss-reactive ketones (excluding diaryl/α,β-unsaturated/α-hetero) is 1. The Labute approximate surface area is 213 Å². The minimum Gasteiger partial charge on any atom is -0.872 e. The summed E-state index contributed by atoms with van der Waals surface area (Å²) >= 11 is 0. The molecule has 192 valence electrons. The van der Waals surface area contributed by atoms with Crippen LogP contribution in [0.2, 0.25) is 0 Å². The van der Waals surface area contributed by atoms with Crippen LogP contribution in [-0.4, -0.2) is 62.6 Å². The minimum atomic E-state index is -0.700. The maximum atomic E-state index is 13.7. The molecule has 0 radical (unpaired) electrons. The highest BCUT2D eigenvalue weighted by Crippen LogP contribution is 2.39. The normalized spacial score (nSPS) is 20.2. The van der Waals surface area contributed by atoms with Crippen molar-refractivity contribution in [2.45, 2.75) is 39.2 Å². The summed E-state index contributed by atoms with van der Waals surface area (Å²) < 4.78 is 11.2. The lowest BCUT2D eigenvalue weighted by atomic mass is 9.95. The van der Waals surface area contributed by atoms with Crippen molar-refractivity contribution in [1.82, 2.24) is 4.90 Å². The molecule has 2 heterocycles. The van der Waals surface area contributed by atoms with E-state index in [0.29, 0.717) is 18.7 Å². The second kappa shape index (κ2) is 12.2. The standard InChI is InChI=1S/C29H36N2O5/c1-3-4-17-36-24-12-11-23(20-21(24)2)27(32)25-26(22-9-6-5-7-10-22)31(29(34)28(25)33)14-8-13-30-15-18-35-19-16-30/h5-7,9-12,20,26,32H,3-4,8,13-19H2,1-2H3. The number of hydrogen-bond acceptors (Lipinski definition) is 5. The largest absolute Gasteiger partial charge is 0.872 e. The highest BCUT2D eigenvalue weighted by molar-refractivity contribution is 6.46. The number of unbranched alkanes of at least 4 members (excludes halogenated alkanes) is 1. The molecule has 1 unspecified atom stereocenters. The average Bonchev–Trinajstić information content (AvgIpc) is 3.15. The summed E-state index contributed by atoms with van der Waals surface area (Å²) in [7, 11) is 0. The fourth-order valence-corrected chi connectivity index (χ4v) is 4.93. The fourth-order valence-electron chi connectivity index (χ4n) is 4.93. The van der Waals surface area contributed by atoms with Gasteiger partial charge in [0.25, 0.3) is 5.91 Å². The fraction of sp³-hybridized carbons (Fsp3) is 0.448. The van der Waals surface area contributed by atoms with Gasteiger partial charge in [0.05, 0.1) is 32.4 Å². The molecule has 2 fully saturated rings. The van der Waals surface area contributed by atoms with Crippen LogP contribution in [0, 0.1) is 6.92 Å². The Balaban J connectivity index is 1.62. The van der Waals surface area contributed by atoms with Crippen LogP contribution >= 0.6 is 0 Å². The Morgan fingerprint density at radius 2 is 1.86 bits per heavy atom. The van der Waals surface area contributed by atoms with Crippen molar-refractivity contribution in [2.24, 2.45) is 0 Å². The third-order valence-corrected chi connectivity index (χ3v) is 6.97. The van der Waals surface area contributed by atoms with E-state index in [1.165, 1.54) is 4.90 Å². The van der Waals surface area contributed by atoms with Gasteiger partial charge in [-0.25, -0.2) is 0 Å². The molecule has 7 heteroatoms. The molecule has 1 N–H and O–H groups in total. The Hall–Kier alpha value is -3.16. The summed E-state index contributed by atoms with van der Waals surface area (Å²) in [5, 5.41) is 13.7. The molecule has 7 nitrogen and oxygen atoms in total. The zero-order chi connectivity index (χ0) is 25.5. The number of ether oxygens (including phenoxy) is 2. The Kier molecular flexibility index (Phi) is 8.78. The molecule has 0 spiro atoms. The van der Waals surface area contributed by atoms with E-state index < -0.39 is 23.5 Å². The van der Waals surface area contributed by atoms with Crippen molar-refractivity contribution in [2.75, 3.05) is 46.0 Å². The van der Waals surface area contributed by atoms with Crippen LogP contribution in [0.4, 0.5) is 0 Å². The Morgan fingerprint density at radius 3 is 2.56 bits per heavy atom. The first-order valence-corrected chi connectivity index (χ1v) is 13.0. The molecule has 36 heavy (non-hydrogen) atoms. The molecule has 2 aliphatic rings. The van der Waals surface area contributed by atoms with Crippen LogP contribution < -0.4 is 14.7 Å². The van der Waals surface area contributed by atoms with Crippen LogP contribution in [0.1, 0.15) is 48.9 Å². The molecule has 0 aromatic heterocycles. The van der Waals surface area contributed by atoms with Crippen LogP contribution in [0.5, 0.6) is 5.75 Å². The summed E-state index contributed by atoms with van der Waals surface area (Å²) in [6.07, 6.45) is 2.74. The lowest BCUT2D eigenvalue weighted by molar-refractivity contribution is -0.908. The van der Waals surface area contributed by atoms with Crippen LogP contribution in [-0.2, 0) is 14.3 Å². The van der Waals surface area contributed by atoms with Gasteiger partial charge in [-0.15, -0.1) is 0 Å². The summed E-state index contributed by atoms with van der Waals surface area (Å²) in [5.74, 6) is -0.966. The van der Waals surface area contributed by atoms with E-state index in [4.69, 9.17) is 9.47 Å². The molecular formula is C29H36N2O5. The van der Waals surface area contributed by atoms with Crippen molar-refractivity contribution in [3.05, 3.63) is 70.8 Å². The third kappa shape index (κ3) is 5.79. The van der Waals surface area contributed by atoms with E-state index in [1.54, 1.807) is 23.1 Å². The molecule has 0 bridgehead atoms. The van der Waals surface area contributed by atoms with Crippen molar-refractivity contribution in [3.8, 4) is 5.75 Å². The van der Waals surface area contributed by atoms with Gasteiger partial charge in [-0.1, -0.05) is 55.5 Å². The molecule has 1 atom stereocenters. The number of ketones is 1. The first kappa shape index (κ1) is 25.9. The predicted octanol–water partition coefficient (Wildman–Crippen LogP) is 1.70. The number of carbonyl (C=O) groups excluding carboxylic acids is 2. The van der Waals surface area contributed by atoms with E-state index in [9.17, 15) is 14.7 Å². The van der Waals surface area contributed by atoms with Gasteiger partial charge in [0, 0.05) is 18.5 Å². The Bertz CT molecular complexity index is 1090. The molecule has 4 rings (SSSR count). The zero-order valence-corrected chi connectivity index (χ0v) is 21.3. The van der Waals surface area contributed by atoms with Crippen molar-refractivity contribution in [3.63, 3.8) is 0 Å². The van der Waals surface area contributed by atoms with E-state index in [1.807, 2.05) is 37.3 Å². The van der Waals surface area contributed by atoms with Gasteiger partial charge in [-0.3, -0.25) is 9.59 Å². The van der Waals surface area contributed by atoms with Crippen molar-refractivity contribution >= 4 is 17.4 Å². The number of morpholine rings is 1. The van der Waals surface area contributed by atoms with E-state index in [2.05, 4.69) is 6.92 Å². The quantitative estimate of drug-likeness (QED) is 0.236.